The molecule has 0 unspecified atom stereocenters. The first-order valence-corrected chi connectivity index (χ1v) is 7.11. The Morgan fingerprint density at radius 1 is 0.895 bits per heavy atom. The van der Waals surface area contributed by atoms with Gasteiger partial charge in [-0.2, -0.15) is 0 Å². The van der Waals surface area contributed by atoms with Crippen LogP contribution in [0.15, 0.2) is 48.7 Å². The average Bonchev–Trinajstić information content (AvgIpc) is 2.50. The lowest BCUT2D eigenvalue weighted by Gasteiger charge is -2.22. The van der Waals surface area contributed by atoms with Crippen molar-refractivity contribution < 1.29 is 4.74 Å². The van der Waals surface area contributed by atoms with Gasteiger partial charge in [-0.15, -0.1) is 0 Å². The predicted octanol–water partition coefficient (Wildman–Crippen LogP) is 4.92. The number of hydrogen-bond acceptors (Lipinski definition) is 2. The van der Waals surface area contributed by atoms with Gasteiger partial charge >= 0.3 is 0 Å². The van der Waals surface area contributed by atoms with Crippen molar-refractivity contribution in [2.24, 2.45) is 0 Å². The third-order valence-corrected chi connectivity index (χ3v) is 3.82. The summed E-state index contributed by atoms with van der Waals surface area (Å²) in [6, 6.07) is 14.2. The molecule has 0 atom stereocenters. The summed E-state index contributed by atoms with van der Waals surface area (Å²) in [5, 5.41) is 0. The molecule has 1 aliphatic carbocycles. The van der Waals surface area contributed by atoms with E-state index in [0.29, 0.717) is 5.88 Å². The van der Waals surface area contributed by atoms with Gasteiger partial charge in [0.05, 0.1) is 0 Å². The lowest BCUT2D eigenvalue weighted by molar-refractivity contribution is 0.441. The monoisotopic (exact) mass is 253 g/mol. The van der Waals surface area contributed by atoms with Crippen molar-refractivity contribution in [1.29, 1.82) is 0 Å². The normalized spacial score (nSPS) is 16.2. The van der Waals surface area contributed by atoms with Crippen LogP contribution in [-0.2, 0) is 0 Å². The Hall–Kier alpha value is -1.83. The van der Waals surface area contributed by atoms with E-state index in [1.165, 1.54) is 37.7 Å². The second kappa shape index (κ2) is 5.87. The molecule has 1 aromatic heterocycles. The van der Waals surface area contributed by atoms with E-state index in [0.717, 1.165) is 11.7 Å². The van der Waals surface area contributed by atoms with Gasteiger partial charge in [0, 0.05) is 12.3 Å². The maximum atomic E-state index is 5.71. The molecule has 0 amide bonds. The molecule has 0 N–H and O–H groups in total. The Morgan fingerprint density at radius 2 is 1.68 bits per heavy atom. The number of hydrogen-bond donors (Lipinski definition) is 0. The summed E-state index contributed by atoms with van der Waals surface area (Å²) in [7, 11) is 0. The first-order valence-electron chi connectivity index (χ1n) is 7.11. The van der Waals surface area contributed by atoms with Crippen molar-refractivity contribution in [2.45, 2.75) is 38.0 Å². The minimum Gasteiger partial charge on any atom is -0.439 e. The van der Waals surface area contributed by atoms with E-state index in [9.17, 15) is 0 Å². The topological polar surface area (TPSA) is 22.1 Å². The van der Waals surface area contributed by atoms with Crippen LogP contribution in [0.1, 0.15) is 43.6 Å². The van der Waals surface area contributed by atoms with E-state index >= 15 is 0 Å². The number of aromatic nitrogens is 1. The average molecular weight is 253 g/mol. The van der Waals surface area contributed by atoms with Crippen molar-refractivity contribution in [3.8, 4) is 11.6 Å². The maximum absolute atomic E-state index is 5.71. The smallest absolute Gasteiger partial charge is 0.219 e. The lowest BCUT2D eigenvalue weighted by Crippen LogP contribution is -2.04. The predicted molar refractivity (Wildman–Crippen MR) is 76.6 cm³/mol. The highest BCUT2D eigenvalue weighted by Gasteiger charge is 2.15. The fourth-order valence-electron chi connectivity index (χ4n) is 2.77. The maximum Gasteiger partial charge on any atom is 0.219 e. The molecule has 1 fully saturated rings. The molecule has 1 aromatic carbocycles. The number of pyridine rings is 1. The minimum absolute atomic E-state index is 0.646. The van der Waals surface area contributed by atoms with Crippen molar-refractivity contribution >= 4 is 0 Å². The third kappa shape index (κ3) is 3.14. The van der Waals surface area contributed by atoms with E-state index in [4.69, 9.17) is 4.74 Å². The standard InChI is InChI=1S/C17H19NO/c1-2-6-14(7-3-1)15-9-11-16(12-10-15)19-17-8-4-5-13-18-17/h4-5,8-14H,1-3,6-7H2. The van der Waals surface area contributed by atoms with Gasteiger partial charge in [-0.05, 0) is 42.5 Å². The van der Waals surface area contributed by atoms with Gasteiger partial charge < -0.3 is 4.74 Å². The SMILES string of the molecule is c1ccc(Oc2ccc(C3CCCCC3)cc2)nc1. The number of benzene rings is 1. The highest BCUT2D eigenvalue weighted by Crippen LogP contribution is 2.33. The number of rotatable bonds is 3. The van der Waals surface area contributed by atoms with Gasteiger partial charge in [0.25, 0.3) is 0 Å². The van der Waals surface area contributed by atoms with Gasteiger partial charge in [-0.1, -0.05) is 37.5 Å². The second-order valence-corrected chi connectivity index (χ2v) is 5.17. The molecule has 2 heteroatoms. The van der Waals surface area contributed by atoms with E-state index in [1.807, 2.05) is 18.2 Å². The zero-order valence-electron chi connectivity index (χ0n) is 11.1. The van der Waals surface area contributed by atoms with Crippen LogP contribution in [0.5, 0.6) is 11.6 Å². The minimum atomic E-state index is 0.646. The first-order chi connectivity index (χ1) is 9.42. The molecule has 1 saturated carbocycles. The van der Waals surface area contributed by atoms with Crippen LogP contribution in [0.4, 0.5) is 0 Å². The van der Waals surface area contributed by atoms with Gasteiger partial charge in [0.15, 0.2) is 0 Å². The third-order valence-electron chi connectivity index (χ3n) is 3.82. The molecule has 19 heavy (non-hydrogen) atoms. The lowest BCUT2D eigenvalue weighted by atomic mass is 9.84. The first kappa shape index (κ1) is 12.2. The zero-order chi connectivity index (χ0) is 12.9. The van der Waals surface area contributed by atoms with Crippen molar-refractivity contribution in [3.63, 3.8) is 0 Å². The molecular formula is C17H19NO. The largest absolute Gasteiger partial charge is 0.439 e. The van der Waals surface area contributed by atoms with Crippen LogP contribution in [-0.4, -0.2) is 4.98 Å². The summed E-state index contributed by atoms with van der Waals surface area (Å²) in [5.41, 5.74) is 1.45. The second-order valence-electron chi connectivity index (χ2n) is 5.17. The number of nitrogens with zero attached hydrogens (tertiary/aromatic N) is 1. The Balaban J connectivity index is 1.68. The Morgan fingerprint density at radius 3 is 2.37 bits per heavy atom. The summed E-state index contributed by atoms with van der Waals surface area (Å²) in [6.07, 6.45) is 8.55. The van der Waals surface area contributed by atoms with Crippen molar-refractivity contribution in [3.05, 3.63) is 54.2 Å². The van der Waals surface area contributed by atoms with Crippen molar-refractivity contribution in [1.82, 2.24) is 4.98 Å². The summed E-state index contributed by atoms with van der Waals surface area (Å²) in [4.78, 5) is 4.16. The van der Waals surface area contributed by atoms with Crippen LogP contribution >= 0.6 is 0 Å². The molecular weight excluding hydrogens is 234 g/mol. The van der Waals surface area contributed by atoms with Crippen LogP contribution in [0.25, 0.3) is 0 Å². The molecule has 3 rings (SSSR count). The van der Waals surface area contributed by atoms with Crippen LogP contribution in [0, 0.1) is 0 Å². The highest BCUT2D eigenvalue weighted by atomic mass is 16.5. The molecule has 1 heterocycles. The van der Waals surface area contributed by atoms with Crippen LogP contribution < -0.4 is 4.74 Å². The summed E-state index contributed by atoms with van der Waals surface area (Å²) >= 11 is 0. The van der Waals surface area contributed by atoms with E-state index in [2.05, 4.69) is 29.2 Å². The molecule has 0 aliphatic heterocycles. The molecule has 1 aliphatic rings. The van der Waals surface area contributed by atoms with Gasteiger partial charge in [0.1, 0.15) is 5.75 Å². The van der Waals surface area contributed by atoms with Crippen LogP contribution in [0.3, 0.4) is 0 Å². The molecule has 98 valence electrons. The summed E-state index contributed by atoms with van der Waals surface area (Å²) in [6.45, 7) is 0. The van der Waals surface area contributed by atoms with E-state index < -0.39 is 0 Å². The van der Waals surface area contributed by atoms with Gasteiger partial charge in [0.2, 0.25) is 5.88 Å². The van der Waals surface area contributed by atoms with Crippen LogP contribution in [0.2, 0.25) is 0 Å². The molecule has 2 aromatic rings. The highest BCUT2D eigenvalue weighted by molar-refractivity contribution is 5.32. The fourth-order valence-corrected chi connectivity index (χ4v) is 2.77. The molecule has 0 radical (unpaired) electrons. The Bertz CT molecular complexity index is 501. The van der Waals surface area contributed by atoms with E-state index in [-0.39, 0.29) is 0 Å². The van der Waals surface area contributed by atoms with Gasteiger partial charge in [-0.25, -0.2) is 4.98 Å². The van der Waals surface area contributed by atoms with Crippen molar-refractivity contribution in [2.75, 3.05) is 0 Å². The Labute approximate surface area is 114 Å². The molecule has 2 nitrogen and oxygen atoms in total. The summed E-state index contributed by atoms with van der Waals surface area (Å²) < 4.78 is 5.71. The number of ether oxygens (including phenoxy) is 1. The van der Waals surface area contributed by atoms with E-state index in [1.54, 1.807) is 6.20 Å². The molecule has 0 saturated heterocycles. The summed E-state index contributed by atoms with van der Waals surface area (Å²) in [5.74, 6) is 2.25. The quantitative estimate of drug-likeness (QED) is 0.774. The zero-order valence-corrected chi connectivity index (χ0v) is 11.1. The Kier molecular flexibility index (Phi) is 3.78. The molecule has 0 bridgehead atoms. The van der Waals surface area contributed by atoms with Gasteiger partial charge in [-0.3, -0.25) is 0 Å². The fraction of sp³-hybridized carbons (Fsp3) is 0.353. The molecule has 0 spiro atoms.